The second-order valence-electron chi connectivity index (χ2n) is 7.96. The normalized spacial score (nSPS) is 25.6. The van der Waals surface area contributed by atoms with E-state index >= 15 is 0 Å². The zero-order valence-corrected chi connectivity index (χ0v) is 17.7. The zero-order chi connectivity index (χ0) is 22.6. The quantitative estimate of drug-likeness (QED) is 0.723. The molecule has 8 nitrogen and oxygen atoms in total. The lowest BCUT2D eigenvalue weighted by molar-refractivity contribution is -0.192. The Morgan fingerprint density at radius 2 is 1.94 bits per heavy atom. The number of piperidine rings is 1. The Morgan fingerprint density at radius 3 is 2.52 bits per heavy atom. The van der Waals surface area contributed by atoms with Crippen molar-refractivity contribution in [2.45, 2.75) is 43.3 Å². The standard InChI is InChI=1S/C17H25N3O3S.C2HF3O2/c21-24(22,16-3-4-16)20-7-5-15-12-19(8-9-23-17(15)13-20)11-14-2-1-6-18-10-14;3-2(4,5)1(6)7/h1-2,6,10,15-17H,3-5,7-9,11-13H2;(H,6,7)/t15-,17-;/m1./s1. The number of hydrogen-bond donors (Lipinski definition) is 1. The first-order valence-electron chi connectivity index (χ1n) is 10.1. The van der Waals surface area contributed by atoms with Crippen molar-refractivity contribution in [1.29, 1.82) is 0 Å². The molecule has 4 rings (SSSR count). The summed E-state index contributed by atoms with van der Waals surface area (Å²) in [5.41, 5.74) is 1.21. The third kappa shape index (κ3) is 6.61. The number of nitrogens with zero attached hydrogens (tertiary/aromatic N) is 3. The van der Waals surface area contributed by atoms with Crippen molar-refractivity contribution in [3.05, 3.63) is 30.1 Å². The van der Waals surface area contributed by atoms with Gasteiger partial charge in [-0.3, -0.25) is 9.88 Å². The Balaban J connectivity index is 0.000000339. The number of aliphatic carboxylic acids is 1. The highest BCUT2D eigenvalue weighted by atomic mass is 32.2. The Hall–Kier alpha value is -1.76. The molecule has 3 aliphatic rings. The molecule has 1 N–H and O–H groups in total. The lowest BCUT2D eigenvalue weighted by atomic mass is 9.94. The van der Waals surface area contributed by atoms with E-state index in [2.05, 4.69) is 16.0 Å². The Kier molecular flexibility index (Phi) is 7.55. The fourth-order valence-electron chi connectivity index (χ4n) is 3.79. The van der Waals surface area contributed by atoms with Crippen molar-refractivity contribution in [3.63, 3.8) is 0 Å². The third-order valence-electron chi connectivity index (χ3n) is 5.57. The molecule has 2 saturated heterocycles. The van der Waals surface area contributed by atoms with Gasteiger partial charge in [-0.15, -0.1) is 0 Å². The lowest BCUT2D eigenvalue weighted by Crippen LogP contribution is -2.49. The Morgan fingerprint density at radius 1 is 1.23 bits per heavy atom. The molecule has 0 amide bonds. The first-order chi connectivity index (χ1) is 14.6. The lowest BCUT2D eigenvalue weighted by Gasteiger charge is -2.37. The highest BCUT2D eigenvalue weighted by Crippen LogP contribution is 2.34. The van der Waals surface area contributed by atoms with E-state index in [0.29, 0.717) is 25.6 Å². The molecule has 0 spiro atoms. The van der Waals surface area contributed by atoms with E-state index in [0.717, 1.165) is 38.9 Å². The van der Waals surface area contributed by atoms with Gasteiger partial charge in [-0.25, -0.2) is 13.2 Å². The summed E-state index contributed by atoms with van der Waals surface area (Å²) in [7, 11) is -3.08. The SMILES string of the molecule is O=C(O)C(F)(F)F.O=S(=O)(C1CC1)N1CC[C@@H]2CN(Cc3cccnc3)CCO[C@@H]2C1. The Bertz CT molecular complexity index is 849. The number of ether oxygens (including phenoxy) is 1. The van der Waals surface area contributed by atoms with E-state index in [-0.39, 0.29) is 11.4 Å². The average Bonchev–Trinajstić information content (AvgIpc) is 3.56. The second-order valence-corrected chi connectivity index (χ2v) is 10.2. The van der Waals surface area contributed by atoms with E-state index < -0.39 is 22.2 Å². The summed E-state index contributed by atoms with van der Waals surface area (Å²) in [5.74, 6) is -2.35. The predicted octanol–water partition coefficient (Wildman–Crippen LogP) is 1.73. The van der Waals surface area contributed by atoms with Crippen LogP contribution in [0.2, 0.25) is 0 Å². The molecular weight excluding hydrogens is 439 g/mol. The summed E-state index contributed by atoms with van der Waals surface area (Å²) < 4.78 is 64.4. The van der Waals surface area contributed by atoms with Gasteiger partial charge in [0.25, 0.3) is 0 Å². The largest absolute Gasteiger partial charge is 0.490 e. The van der Waals surface area contributed by atoms with Gasteiger partial charge >= 0.3 is 12.1 Å². The van der Waals surface area contributed by atoms with Crippen LogP contribution in [0.5, 0.6) is 0 Å². The highest BCUT2D eigenvalue weighted by Gasteiger charge is 2.44. The van der Waals surface area contributed by atoms with Crippen LogP contribution in [-0.4, -0.2) is 84.0 Å². The van der Waals surface area contributed by atoms with Gasteiger partial charge in [0.1, 0.15) is 0 Å². The van der Waals surface area contributed by atoms with Crippen LogP contribution < -0.4 is 0 Å². The molecule has 0 unspecified atom stereocenters. The molecule has 1 saturated carbocycles. The van der Waals surface area contributed by atoms with Gasteiger partial charge in [-0.2, -0.15) is 17.5 Å². The van der Waals surface area contributed by atoms with Crippen LogP contribution in [0.1, 0.15) is 24.8 Å². The maximum absolute atomic E-state index is 12.5. The number of sulfonamides is 1. The van der Waals surface area contributed by atoms with Crippen LogP contribution in [0, 0.1) is 5.92 Å². The van der Waals surface area contributed by atoms with Crippen molar-refractivity contribution >= 4 is 16.0 Å². The van der Waals surface area contributed by atoms with Crippen LogP contribution in [0.4, 0.5) is 13.2 Å². The first kappa shape index (κ1) is 23.9. The summed E-state index contributed by atoms with van der Waals surface area (Å²) in [4.78, 5) is 15.5. The van der Waals surface area contributed by atoms with Gasteiger partial charge < -0.3 is 9.84 Å². The highest BCUT2D eigenvalue weighted by molar-refractivity contribution is 7.90. The molecule has 31 heavy (non-hydrogen) atoms. The maximum atomic E-state index is 12.5. The fourth-order valence-corrected chi connectivity index (χ4v) is 5.66. The molecule has 0 radical (unpaired) electrons. The number of aromatic nitrogens is 1. The first-order valence-corrected chi connectivity index (χ1v) is 11.6. The number of carboxylic acids is 1. The Labute approximate surface area is 179 Å². The van der Waals surface area contributed by atoms with Crippen LogP contribution in [-0.2, 0) is 26.1 Å². The molecule has 2 atom stereocenters. The van der Waals surface area contributed by atoms with E-state index in [1.54, 1.807) is 10.5 Å². The molecule has 2 aliphatic heterocycles. The van der Waals surface area contributed by atoms with Crippen LogP contribution in [0.25, 0.3) is 0 Å². The van der Waals surface area contributed by atoms with Crippen molar-refractivity contribution in [3.8, 4) is 0 Å². The van der Waals surface area contributed by atoms with Gasteiger partial charge in [-0.05, 0) is 30.9 Å². The summed E-state index contributed by atoms with van der Waals surface area (Å²) in [6, 6.07) is 4.06. The van der Waals surface area contributed by atoms with Crippen LogP contribution >= 0.6 is 0 Å². The van der Waals surface area contributed by atoms with E-state index in [1.807, 2.05) is 12.3 Å². The number of pyridine rings is 1. The molecule has 12 heteroatoms. The number of carbonyl (C=O) groups is 1. The van der Waals surface area contributed by atoms with Crippen molar-refractivity contribution in [1.82, 2.24) is 14.2 Å². The summed E-state index contributed by atoms with van der Waals surface area (Å²) in [5, 5.41) is 7.00. The van der Waals surface area contributed by atoms with Gasteiger partial charge in [0.05, 0.1) is 18.0 Å². The minimum Gasteiger partial charge on any atom is -0.475 e. The van der Waals surface area contributed by atoms with E-state index in [9.17, 15) is 21.6 Å². The molecule has 1 aromatic rings. The van der Waals surface area contributed by atoms with E-state index in [1.165, 1.54) is 5.56 Å². The molecule has 0 bridgehead atoms. The number of carboxylic acid groups (broad SMARTS) is 1. The molecule has 3 heterocycles. The smallest absolute Gasteiger partial charge is 0.475 e. The molecule has 1 aliphatic carbocycles. The third-order valence-corrected chi connectivity index (χ3v) is 7.93. The van der Waals surface area contributed by atoms with Crippen molar-refractivity contribution in [2.75, 3.05) is 32.8 Å². The van der Waals surface area contributed by atoms with Crippen LogP contribution in [0.3, 0.4) is 0 Å². The topological polar surface area (TPSA) is 100 Å². The van der Waals surface area contributed by atoms with E-state index in [4.69, 9.17) is 14.6 Å². The van der Waals surface area contributed by atoms with Gasteiger partial charge in [0.2, 0.25) is 10.0 Å². The number of rotatable bonds is 4. The minimum absolute atomic E-state index is 0.0335. The van der Waals surface area contributed by atoms with Gasteiger partial charge in [0, 0.05) is 51.0 Å². The molecular formula is C19H26F3N3O5S. The minimum atomic E-state index is -5.08. The fraction of sp³-hybridized carbons (Fsp3) is 0.684. The van der Waals surface area contributed by atoms with Crippen molar-refractivity contribution in [2.24, 2.45) is 5.92 Å². The average molecular weight is 465 g/mol. The predicted molar refractivity (Wildman–Crippen MR) is 105 cm³/mol. The number of halogens is 3. The molecule has 174 valence electrons. The number of hydrogen-bond acceptors (Lipinski definition) is 6. The molecule has 0 aromatic carbocycles. The number of fused-ring (bicyclic) bond motifs is 1. The molecule has 3 fully saturated rings. The summed E-state index contributed by atoms with van der Waals surface area (Å²) >= 11 is 0. The van der Waals surface area contributed by atoms with Crippen LogP contribution in [0.15, 0.2) is 24.5 Å². The number of alkyl halides is 3. The maximum Gasteiger partial charge on any atom is 0.490 e. The van der Waals surface area contributed by atoms with Gasteiger partial charge in [-0.1, -0.05) is 6.07 Å². The summed E-state index contributed by atoms with van der Waals surface area (Å²) in [6.07, 6.45) is 1.19. The second kappa shape index (κ2) is 9.80. The van der Waals surface area contributed by atoms with Crippen molar-refractivity contribution < 1.29 is 36.2 Å². The zero-order valence-electron chi connectivity index (χ0n) is 16.9. The van der Waals surface area contributed by atoms with Gasteiger partial charge in [0.15, 0.2) is 0 Å². The molecule has 1 aromatic heterocycles. The summed E-state index contributed by atoms with van der Waals surface area (Å²) in [6.45, 7) is 4.58. The monoisotopic (exact) mass is 465 g/mol.